The maximum absolute atomic E-state index is 5.64. The fraction of sp³-hybridized carbons (Fsp3) is 1.00. The third kappa shape index (κ3) is 0.859. The van der Waals surface area contributed by atoms with E-state index in [0.29, 0.717) is 11.8 Å². The van der Waals surface area contributed by atoms with E-state index in [1.54, 1.807) is 0 Å². The lowest BCUT2D eigenvalue weighted by atomic mass is 10.2. The summed E-state index contributed by atoms with van der Waals surface area (Å²) in [6.45, 7) is 6.03. The third-order valence-corrected chi connectivity index (χ3v) is 3.03. The maximum atomic E-state index is 5.64. The second-order valence-corrected chi connectivity index (χ2v) is 3.45. The van der Waals surface area contributed by atoms with Crippen molar-refractivity contribution < 1.29 is 9.47 Å². The quantitative estimate of drug-likeness (QED) is 0.607. The summed E-state index contributed by atoms with van der Waals surface area (Å²) < 4.78 is 11.3. The monoisotopic (exact) mass is 156 g/mol. The molecular formula is C9H16O2. The smallest absolute Gasteiger partial charge is 0.174 e. The van der Waals surface area contributed by atoms with Crippen LogP contribution in [0.3, 0.4) is 0 Å². The molecule has 2 aliphatic rings. The van der Waals surface area contributed by atoms with Crippen LogP contribution in [0.2, 0.25) is 0 Å². The van der Waals surface area contributed by atoms with Gasteiger partial charge in [0.25, 0.3) is 0 Å². The molecule has 1 aliphatic heterocycles. The van der Waals surface area contributed by atoms with Crippen LogP contribution in [0.4, 0.5) is 0 Å². The fourth-order valence-electron chi connectivity index (χ4n) is 2.49. The molecule has 11 heavy (non-hydrogen) atoms. The van der Waals surface area contributed by atoms with E-state index in [0.717, 1.165) is 13.2 Å². The van der Waals surface area contributed by atoms with Crippen LogP contribution in [0.5, 0.6) is 0 Å². The zero-order valence-corrected chi connectivity index (χ0v) is 7.30. The normalized spacial score (nSPS) is 39.8. The van der Waals surface area contributed by atoms with Gasteiger partial charge >= 0.3 is 0 Å². The van der Waals surface area contributed by atoms with Crippen molar-refractivity contribution in [1.82, 2.24) is 0 Å². The first-order chi connectivity index (χ1) is 5.35. The third-order valence-electron chi connectivity index (χ3n) is 3.03. The van der Waals surface area contributed by atoms with Gasteiger partial charge in [-0.1, -0.05) is 13.8 Å². The minimum atomic E-state index is -0.122. The van der Waals surface area contributed by atoms with Gasteiger partial charge in [0.15, 0.2) is 5.79 Å². The number of rotatable bonds is 2. The second kappa shape index (κ2) is 2.46. The molecule has 0 bridgehead atoms. The molecule has 1 aliphatic carbocycles. The summed E-state index contributed by atoms with van der Waals surface area (Å²) in [5.41, 5.74) is 0. The van der Waals surface area contributed by atoms with Crippen molar-refractivity contribution >= 4 is 0 Å². The summed E-state index contributed by atoms with van der Waals surface area (Å²) in [5, 5.41) is 0. The molecule has 2 atom stereocenters. The Balaban J connectivity index is 2.04. The minimum Gasteiger partial charge on any atom is -0.347 e. The van der Waals surface area contributed by atoms with Crippen LogP contribution in [0.25, 0.3) is 0 Å². The lowest BCUT2D eigenvalue weighted by Gasteiger charge is -2.07. The first-order valence-corrected chi connectivity index (χ1v) is 4.63. The van der Waals surface area contributed by atoms with E-state index in [9.17, 15) is 0 Å². The van der Waals surface area contributed by atoms with E-state index >= 15 is 0 Å². The molecule has 1 heterocycles. The molecule has 1 spiro atoms. The van der Waals surface area contributed by atoms with Crippen LogP contribution in [-0.4, -0.2) is 19.0 Å². The molecule has 64 valence electrons. The predicted octanol–water partition coefficient (Wildman–Crippen LogP) is 1.80. The van der Waals surface area contributed by atoms with E-state index in [1.165, 1.54) is 12.8 Å². The molecule has 1 saturated carbocycles. The second-order valence-electron chi connectivity index (χ2n) is 3.45. The van der Waals surface area contributed by atoms with E-state index in [2.05, 4.69) is 13.8 Å². The Morgan fingerprint density at radius 2 is 1.55 bits per heavy atom. The van der Waals surface area contributed by atoms with Crippen molar-refractivity contribution in [2.75, 3.05) is 13.2 Å². The fourth-order valence-corrected chi connectivity index (χ4v) is 2.49. The topological polar surface area (TPSA) is 18.5 Å². The molecule has 0 N–H and O–H groups in total. The predicted molar refractivity (Wildman–Crippen MR) is 42.2 cm³/mol. The SMILES string of the molecule is CCC1C(CC)C12OCCO2. The molecule has 0 radical (unpaired) electrons. The van der Waals surface area contributed by atoms with Gasteiger partial charge < -0.3 is 9.47 Å². The molecule has 0 aromatic heterocycles. The van der Waals surface area contributed by atoms with Crippen LogP contribution < -0.4 is 0 Å². The molecule has 0 aromatic carbocycles. The van der Waals surface area contributed by atoms with Gasteiger partial charge in [-0.15, -0.1) is 0 Å². The van der Waals surface area contributed by atoms with Crippen LogP contribution in [0.15, 0.2) is 0 Å². The molecular weight excluding hydrogens is 140 g/mol. The Morgan fingerprint density at radius 3 is 1.91 bits per heavy atom. The lowest BCUT2D eigenvalue weighted by Crippen LogP contribution is -2.13. The highest BCUT2D eigenvalue weighted by atomic mass is 16.7. The molecule has 2 unspecified atom stereocenters. The molecule has 2 heteroatoms. The number of ether oxygens (including phenoxy) is 2. The standard InChI is InChI=1S/C9H16O2/c1-3-7-8(4-2)9(7)10-5-6-11-9/h7-8H,3-6H2,1-2H3. The molecule has 2 nitrogen and oxygen atoms in total. The van der Waals surface area contributed by atoms with Crippen LogP contribution in [0.1, 0.15) is 26.7 Å². The maximum Gasteiger partial charge on any atom is 0.174 e. The lowest BCUT2D eigenvalue weighted by molar-refractivity contribution is -0.0933. The zero-order chi connectivity index (χ0) is 7.90. The van der Waals surface area contributed by atoms with Gasteiger partial charge in [0.2, 0.25) is 0 Å². The van der Waals surface area contributed by atoms with Crippen molar-refractivity contribution in [2.24, 2.45) is 11.8 Å². The van der Waals surface area contributed by atoms with Crippen LogP contribution in [-0.2, 0) is 9.47 Å². The molecule has 2 rings (SSSR count). The van der Waals surface area contributed by atoms with E-state index in [-0.39, 0.29) is 5.79 Å². The summed E-state index contributed by atoms with van der Waals surface area (Å²) in [4.78, 5) is 0. The summed E-state index contributed by atoms with van der Waals surface area (Å²) in [6, 6.07) is 0. The molecule has 0 aromatic rings. The average molecular weight is 156 g/mol. The van der Waals surface area contributed by atoms with E-state index in [4.69, 9.17) is 9.47 Å². The minimum absolute atomic E-state index is 0.122. The zero-order valence-electron chi connectivity index (χ0n) is 7.30. The Morgan fingerprint density at radius 1 is 1.09 bits per heavy atom. The average Bonchev–Trinajstić information content (AvgIpc) is 2.39. The number of hydrogen-bond acceptors (Lipinski definition) is 2. The van der Waals surface area contributed by atoms with Gasteiger partial charge in [0, 0.05) is 11.8 Å². The highest BCUT2D eigenvalue weighted by Gasteiger charge is 2.67. The largest absolute Gasteiger partial charge is 0.347 e. The van der Waals surface area contributed by atoms with E-state index in [1.807, 2.05) is 0 Å². The van der Waals surface area contributed by atoms with Crippen molar-refractivity contribution in [3.63, 3.8) is 0 Å². The van der Waals surface area contributed by atoms with Crippen LogP contribution in [0, 0.1) is 11.8 Å². The van der Waals surface area contributed by atoms with Gasteiger partial charge in [-0.3, -0.25) is 0 Å². The Kier molecular flexibility index (Phi) is 1.69. The summed E-state index contributed by atoms with van der Waals surface area (Å²) >= 11 is 0. The highest BCUT2D eigenvalue weighted by Crippen LogP contribution is 2.59. The van der Waals surface area contributed by atoms with Crippen molar-refractivity contribution in [2.45, 2.75) is 32.5 Å². The first-order valence-electron chi connectivity index (χ1n) is 4.63. The summed E-state index contributed by atoms with van der Waals surface area (Å²) in [5.74, 6) is 1.23. The molecule has 2 fully saturated rings. The van der Waals surface area contributed by atoms with Gasteiger partial charge in [0.05, 0.1) is 13.2 Å². The molecule has 0 amide bonds. The number of hydrogen-bond donors (Lipinski definition) is 0. The summed E-state index contributed by atoms with van der Waals surface area (Å²) in [7, 11) is 0. The van der Waals surface area contributed by atoms with Gasteiger partial charge in [-0.05, 0) is 12.8 Å². The Bertz CT molecular complexity index is 138. The van der Waals surface area contributed by atoms with E-state index < -0.39 is 0 Å². The van der Waals surface area contributed by atoms with Gasteiger partial charge in [-0.2, -0.15) is 0 Å². The van der Waals surface area contributed by atoms with Crippen molar-refractivity contribution in [3.8, 4) is 0 Å². The van der Waals surface area contributed by atoms with Gasteiger partial charge in [0.1, 0.15) is 0 Å². The van der Waals surface area contributed by atoms with Gasteiger partial charge in [-0.25, -0.2) is 0 Å². The first kappa shape index (κ1) is 7.56. The van der Waals surface area contributed by atoms with Crippen molar-refractivity contribution in [1.29, 1.82) is 0 Å². The highest BCUT2D eigenvalue weighted by molar-refractivity contribution is 5.07. The Hall–Kier alpha value is -0.0800. The van der Waals surface area contributed by atoms with Crippen molar-refractivity contribution in [3.05, 3.63) is 0 Å². The Labute approximate surface area is 67.9 Å². The molecule has 1 saturated heterocycles. The van der Waals surface area contributed by atoms with Crippen LogP contribution >= 0.6 is 0 Å². The summed E-state index contributed by atoms with van der Waals surface area (Å²) in [6.07, 6.45) is 2.39.